The molecule has 2 aliphatic heterocycles. The average molecular weight is 462 g/mol. The Morgan fingerprint density at radius 3 is 2.58 bits per heavy atom. The van der Waals surface area contributed by atoms with Crippen LogP contribution in [0.1, 0.15) is 63.5 Å². The molecule has 178 valence electrons. The Kier molecular flexibility index (Phi) is 7.55. The van der Waals surface area contributed by atoms with Crippen molar-refractivity contribution in [3.05, 3.63) is 44.1 Å². The van der Waals surface area contributed by atoms with E-state index in [4.69, 9.17) is 4.74 Å². The second-order valence-electron chi connectivity index (χ2n) is 8.24. The minimum absolute atomic E-state index is 0.0174. The van der Waals surface area contributed by atoms with Gasteiger partial charge in [0.15, 0.2) is 11.5 Å². The van der Waals surface area contributed by atoms with Gasteiger partial charge in [0.05, 0.1) is 17.6 Å². The molecule has 10 heteroatoms. The van der Waals surface area contributed by atoms with Crippen molar-refractivity contribution in [2.24, 2.45) is 0 Å². The van der Waals surface area contributed by atoms with Gasteiger partial charge in [-0.1, -0.05) is 19.8 Å². The number of carbonyl (C=O) groups excluding carboxylic acids is 1. The molecule has 33 heavy (non-hydrogen) atoms. The van der Waals surface area contributed by atoms with Crippen molar-refractivity contribution in [3.63, 3.8) is 0 Å². The SMILES string of the molecule is CCCOC(=O)CCCCCCn1c2nc(=O)[nH]c(=O)c-2nc2cc(C)c(C(C)(F)F)cc21. The fourth-order valence-corrected chi connectivity index (χ4v) is 3.83. The Morgan fingerprint density at radius 2 is 1.88 bits per heavy atom. The molecule has 2 aliphatic rings. The van der Waals surface area contributed by atoms with Crippen molar-refractivity contribution in [1.29, 1.82) is 0 Å². The lowest BCUT2D eigenvalue weighted by Gasteiger charge is -2.20. The first-order valence-electron chi connectivity index (χ1n) is 11.1. The molecule has 0 spiro atoms. The topological polar surface area (TPSA) is 107 Å². The van der Waals surface area contributed by atoms with E-state index in [1.165, 1.54) is 12.1 Å². The lowest BCUT2D eigenvalue weighted by molar-refractivity contribution is -0.143. The highest BCUT2D eigenvalue weighted by Crippen LogP contribution is 2.33. The van der Waals surface area contributed by atoms with Crippen LogP contribution in [0.3, 0.4) is 0 Å². The number of H-pyrrole nitrogens is 1. The van der Waals surface area contributed by atoms with Crippen LogP contribution < -0.4 is 11.2 Å². The Morgan fingerprint density at radius 1 is 1.15 bits per heavy atom. The molecular formula is C23H28F2N4O4. The monoisotopic (exact) mass is 462 g/mol. The number of fused-ring (bicyclic) bond motifs is 2. The summed E-state index contributed by atoms with van der Waals surface area (Å²) < 4.78 is 35.0. The molecule has 1 aromatic carbocycles. The summed E-state index contributed by atoms with van der Waals surface area (Å²) in [6, 6.07) is 2.87. The standard InChI is InChI=1S/C23H28F2N4O4/c1-4-11-33-18(30)9-7-5-6-8-10-29-17-13-15(23(3,24)25)14(2)12-16(17)26-19-20(29)27-22(32)28-21(19)31/h12-13H,4-11H2,1-3H3,(H,28,31,32). The second kappa shape index (κ2) is 10.2. The van der Waals surface area contributed by atoms with Gasteiger partial charge in [0.1, 0.15) is 0 Å². The molecule has 0 saturated heterocycles. The smallest absolute Gasteiger partial charge is 0.349 e. The number of hydrogen-bond acceptors (Lipinski definition) is 6. The first kappa shape index (κ1) is 24.5. The quantitative estimate of drug-likeness (QED) is 0.278. The zero-order valence-corrected chi connectivity index (χ0v) is 19.0. The lowest BCUT2D eigenvalue weighted by atomic mass is 10.0. The van der Waals surface area contributed by atoms with Gasteiger partial charge in [-0.15, -0.1) is 0 Å². The van der Waals surface area contributed by atoms with E-state index in [9.17, 15) is 23.2 Å². The molecule has 0 saturated carbocycles. The highest BCUT2D eigenvalue weighted by molar-refractivity contribution is 5.81. The molecule has 1 N–H and O–H groups in total. The van der Waals surface area contributed by atoms with Crippen molar-refractivity contribution in [2.75, 3.05) is 6.61 Å². The van der Waals surface area contributed by atoms with Gasteiger partial charge in [0.2, 0.25) is 0 Å². The fraction of sp³-hybridized carbons (Fsp3) is 0.522. The van der Waals surface area contributed by atoms with Gasteiger partial charge in [-0.2, -0.15) is 4.98 Å². The fourth-order valence-electron chi connectivity index (χ4n) is 3.83. The van der Waals surface area contributed by atoms with Crippen LogP contribution in [0.5, 0.6) is 0 Å². The average Bonchev–Trinajstić information content (AvgIpc) is 2.73. The molecule has 0 aromatic heterocycles. The molecule has 0 radical (unpaired) electrons. The Balaban J connectivity index is 1.88. The number of aromatic nitrogens is 4. The molecule has 1 aromatic rings. The number of nitrogens with zero attached hydrogens (tertiary/aromatic N) is 3. The number of ether oxygens (including phenoxy) is 1. The van der Waals surface area contributed by atoms with E-state index in [0.717, 1.165) is 26.2 Å². The van der Waals surface area contributed by atoms with E-state index in [1.54, 1.807) is 11.5 Å². The number of aryl methyl sites for hydroxylation is 2. The maximum absolute atomic E-state index is 14.2. The van der Waals surface area contributed by atoms with Crippen LogP contribution in [-0.2, 0) is 22.0 Å². The molecule has 0 amide bonds. The summed E-state index contributed by atoms with van der Waals surface area (Å²) in [5.41, 5.74) is -0.551. The number of benzene rings is 1. The number of nitrogens with one attached hydrogen (secondary N) is 1. The van der Waals surface area contributed by atoms with Crippen LogP contribution in [0.25, 0.3) is 22.6 Å². The molecule has 0 aliphatic carbocycles. The lowest BCUT2D eigenvalue weighted by Crippen LogP contribution is -2.29. The Hall–Kier alpha value is -3.17. The van der Waals surface area contributed by atoms with Crippen LogP contribution in [0.4, 0.5) is 8.78 Å². The van der Waals surface area contributed by atoms with Crippen LogP contribution in [0.2, 0.25) is 0 Å². The highest BCUT2D eigenvalue weighted by atomic mass is 19.3. The van der Waals surface area contributed by atoms with Crippen molar-refractivity contribution in [3.8, 4) is 11.5 Å². The normalized spacial score (nSPS) is 11.9. The minimum Gasteiger partial charge on any atom is -0.466 e. The molecular weight excluding hydrogens is 434 g/mol. The van der Waals surface area contributed by atoms with Gasteiger partial charge >= 0.3 is 11.7 Å². The molecule has 0 fully saturated rings. The number of unbranched alkanes of at least 4 members (excludes halogenated alkanes) is 3. The van der Waals surface area contributed by atoms with E-state index < -0.39 is 17.2 Å². The summed E-state index contributed by atoms with van der Waals surface area (Å²) in [5, 5.41) is 0. The molecule has 3 rings (SSSR count). The minimum atomic E-state index is -3.07. The van der Waals surface area contributed by atoms with Crippen LogP contribution >= 0.6 is 0 Å². The zero-order chi connectivity index (χ0) is 24.2. The summed E-state index contributed by atoms with van der Waals surface area (Å²) >= 11 is 0. The van der Waals surface area contributed by atoms with Gasteiger partial charge in [-0.05, 0) is 43.9 Å². The third-order valence-corrected chi connectivity index (χ3v) is 5.41. The summed E-state index contributed by atoms with van der Waals surface area (Å²) in [6.45, 7) is 5.09. The third-order valence-electron chi connectivity index (χ3n) is 5.41. The van der Waals surface area contributed by atoms with Gasteiger partial charge in [0.25, 0.3) is 11.5 Å². The largest absolute Gasteiger partial charge is 0.466 e. The third kappa shape index (κ3) is 5.80. The summed E-state index contributed by atoms with van der Waals surface area (Å²) in [7, 11) is 0. The van der Waals surface area contributed by atoms with Crippen molar-refractivity contribution in [2.45, 2.75) is 71.8 Å². The van der Waals surface area contributed by atoms with E-state index in [2.05, 4.69) is 15.0 Å². The van der Waals surface area contributed by atoms with E-state index >= 15 is 0 Å². The van der Waals surface area contributed by atoms with Crippen molar-refractivity contribution in [1.82, 2.24) is 19.5 Å². The number of halogens is 2. The molecule has 2 heterocycles. The second-order valence-corrected chi connectivity index (χ2v) is 8.24. The summed E-state index contributed by atoms with van der Waals surface area (Å²) in [6.07, 6.45) is 3.98. The van der Waals surface area contributed by atoms with Crippen LogP contribution in [0, 0.1) is 6.92 Å². The molecule has 0 unspecified atom stereocenters. The van der Waals surface area contributed by atoms with Crippen molar-refractivity contribution >= 4 is 17.0 Å². The predicted octanol–water partition coefficient (Wildman–Crippen LogP) is 3.91. The van der Waals surface area contributed by atoms with Gasteiger partial charge in [-0.3, -0.25) is 14.6 Å². The number of rotatable bonds is 10. The number of alkyl halides is 2. The van der Waals surface area contributed by atoms with Gasteiger partial charge in [0, 0.05) is 25.5 Å². The predicted molar refractivity (Wildman–Crippen MR) is 120 cm³/mol. The zero-order valence-electron chi connectivity index (χ0n) is 19.0. The highest BCUT2D eigenvalue weighted by Gasteiger charge is 2.28. The summed E-state index contributed by atoms with van der Waals surface area (Å²) in [5.74, 6) is -3.22. The first-order valence-corrected chi connectivity index (χ1v) is 11.1. The number of aromatic amines is 1. The Labute approximate surface area is 189 Å². The molecule has 8 nitrogen and oxygen atoms in total. The molecule has 0 atom stereocenters. The maximum atomic E-state index is 14.2. The van der Waals surface area contributed by atoms with Crippen LogP contribution in [0.15, 0.2) is 21.7 Å². The number of hydrogen-bond donors (Lipinski definition) is 1. The van der Waals surface area contributed by atoms with Crippen LogP contribution in [-0.4, -0.2) is 32.1 Å². The van der Waals surface area contributed by atoms with E-state index in [0.29, 0.717) is 49.0 Å². The number of esters is 1. The number of carbonyl (C=O) groups is 1. The Bertz CT molecular complexity index is 1230. The van der Waals surface area contributed by atoms with Gasteiger partial charge in [-0.25, -0.2) is 18.6 Å². The molecule has 0 bridgehead atoms. The van der Waals surface area contributed by atoms with E-state index in [1.807, 2.05) is 6.92 Å². The van der Waals surface area contributed by atoms with E-state index in [-0.39, 0.29) is 23.1 Å². The van der Waals surface area contributed by atoms with Crippen molar-refractivity contribution < 1.29 is 18.3 Å². The first-order chi connectivity index (χ1) is 15.6. The van der Waals surface area contributed by atoms with Gasteiger partial charge < -0.3 is 9.30 Å². The summed E-state index contributed by atoms with van der Waals surface area (Å²) in [4.78, 5) is 46.1. The maximum Gasteiger partial charge on any atom is 0.349 e.